The van der Waals surface area contributed by atoms with Gasteiger partial charge in [-0.15, -0.1) is 0 Å². The van der Waals surface area contributed by atoms with Gasteiger partial charge in [-0.3, -0.25) is 0 Å². The van der Waals surface area contributed by atoms with Crippen molar-refractivity contribution in [2.24, 2.45) is 5.10 Å². The zero-order chi connectivity index (χ0) is 11.5. The Labute approximate surface area is 102 Å². The third-order valence-electron chi connectivity index (χ3n) is 2.18. The second kappa shape index (κ2) is 4.52. The predicted molar refractivity (Wildman–Crippen MR) is 64.4 cm³/mol. The van der Waals surface area contributed by atoms with Gasteiger partial charge in [0.25, 0.3) is 0 Å². The first-order chi connectivity index (χ1) is 7.70. The molecule has 0 saturated carbocycles. The minimum absolute atomic E-state index is 0.339. The lowest BCUT2D eigenvalue weighted by atomic mass is 10.2. The molecule has 0 bridgehead atoms. The summed E-state index contributed by atoms with van der Waals surface area (Å²) in [6.07, 6.45) is 1.69. The molecule has 1 aliphatic rings. The van der Waals surface area contributed by atoms with Crippen molar-refractivity contribution in [1.82, 2.24) is 4.03 Å². The van der Waals surface area contributed by atoms with Crippen LogP contribution in [0.3, 0.4) is 0 Å². The molecule has 6 heteroatoms. The van der Waals surface area contributed by atoms with Gasteiger partial charge in [-0.1, -0.05) is 6.07 Å². The number of hydrazone groups is 1. The van der Waals surface area contributed by atoms with Crippen molar-refractivity contribution in [2.75, 3.05) is 18.7 Å². The number of halogens is 1. The fraction of sp³-hybridized carbons (Fsp3) is 0.200. The summed E-state index contributed by atoms with van der Waals surface area (Å²) in [7, 11) is 1.37. The van der Waals surface area contributed by atoms with Gasteiger partial charge in [0.15, 0.2) is 0 Å². The van der Waals surface area contributed by atoms with E-state index in [9.17, 15) is 4.79 Å². The molecule has 0 aromatic heterocycles. The number of hydrogen-bond acceptors (Lipinski definition) is 5. The van der Waals surface area contributed by atoms with E-state index in [2.05, 4.69) is 26.0 Å². The highest BCUT2D eigenvalue weighted by atomic mass is 79.9. The number of benzene rings is 1. The number of carbonyl (C=O) groups excluding carboxylic acids is 1. The van der Waals surface area contributed by atoms with Gasteiger partial charge < -0.3 is 9.64 Å². The van der Waals surface area contributed by atoms with Crippen LogP contribution in [0.5, 0.6) is 0 Å². The second-order valence-corrected chi connectivity index (χ2v) is 4.04. The van der Waals surface area contributed by atoms with E-state index in [1.165, 1.54) is 7.11 Å². The molecule has 0 aliphatic carbocycles. The Morgan fingerprint density at radius 1 is 1.56 bits per heavy atom. The van der Waals surface area contributed by atoms with E-state index in [1.54, 1.807) is 22.5 Å². The average Bonchev–Trinajstić information content (AvgIpc) is 2.75. The number of anilines is 1. The Bertz CT molecular complexity index is 436. The molecular weight excluding hydrogens is 274 g/mol. The van der Waals surface area contributed by atoms with Crippen molar-refractivity contribution in [3.63, 3.8) is 0 Å². The van der Waals surface area contributed by atoms with E-state index in [-0.39, 0.29) is 5.97 Å². The van der Waals surface area contributed by atoms with Crippen LogP contribution in [0.25, 0.3) is 0 Å². The highest BCUT2D eigenvalue weighted by Crippen LogP contribution is 2.19. The van der Waals surface area contributed by atoms with E-state index in [0.717, 1.165) is 5.69 Å². The minimum Gasteiger partial charge on any atom is -0.465 e. The number of carbonyl (C=O) groups is 1. The van der Waals surface area contributed by atoms with Crippen molar-refractivity contribution < 1.29 is 9.53 Å². The highest BCUT2D eigenvalue weighted by molar-refractivity contribution is 9.07. The molecule has 1 aromatic carbocycles. The maximum atomic E-state index is 11.4. The van der Waals surface area contributed by atoms with Crippen LogP contribution in [0.15, 0.2) is 29.4 Å². The molecule has 1 aromatic rings. The summed E-state index contributed by atoms with van der Waals surface area (Å²) in [5, 5.41) is 4.02. The molecule has 0 spiro atoms. The SMILES string of the molecule is COC(=O)c1cccc(N2C=NN(Br)C2)c1. The molecule has 0 amide bonds. The lowest BCUT2D eigenvalue weighted by Crippen LogP contribution is -2.21. The number of ether oxygens (including phenoxy) is 1. The Hall–Kier alpha value is -1.56. The zero-order valence-corrected chi connectivity index (χ0v) is 10.2. The fourth-order valence-electron chi connectivity index (χ4n) is 1.39. The third kappa shape index (κ3) is 2.16. The standard InChI is InChI=1S/C10H10BrN3O2/c1-16-10(15)8-3-2-4-9(5-8)13-6-12-14(11)7-13/h2-6H,7H2,1H3. The van der Waals surface area contributed by atoms with Gasteiger partial charge in [0.1, 0.15) is 13.0 Å². The summed E-state index contributed by atoms with van der Waals surface area (Å²) in [5.74, 6) is -0.339. The molecule has 1 heterocycles. The van der Waals surface area contributed by atoms with Crippen molar-refractivity contribution in [2.45, 2.75) is 0 Å². The van der Waals surface area contributed by atoms with E-state index in [1.807, 2.05) is 17.0 Å². The van der Waals surface area contributed by atoms with Gasteiger partial charge in [0.2, 0.25) is 0 Å². The van der Waals surface area contributed by atoms with E-state index in [0.29, 0.717) is 12.2 Å². The topological polar surface area (TPSA) is 45.1 Å². The van der Waals surface area contributed by atoms with Crippen LogP contribution >= 0.6 is 16.1 Å². The van der Waals surface area contributed by atoms with Crippen molar-refractivity contribution in [3.8, 4) is 0 Å². The van der Waals surface area contributed by atoms with Crippen LogP contribution in [0, 0.1) is 0 Å². The number of hydrogen-bond donors (Lipinski definition) is 0. The minimum atomic E-state index is -0.339. The van der Waals surface area contributed by atoms with Gasteiger partial charge in [-0.25, -0.2) is 8.83 Å². The molecule has 16 heavy (non-hydrogen) atoms. The smallest absolute Gasteiger partial charge is 0.337 e. The summed E-state index contributed by atoms with van der Waals surface area (Å²) in [6.45, 7) is 0.602. The number of esters is 1. The normalized spacial score (nSPS) is 14.4. The zero-order valence-electron chi connectivity index (χ0n) is 8.63. The quantitative estimate of drug-likeness (QED) is 0.613. The van der Waals surface area contributed by atoms with Gasteiger partial charge >= 0.3 is 5.97 Å². The largest absolute Gasteiger partial charge is 0.465 e. The van der Waals surface area contributed by atoms with Gasteiger partial charge in [-0.05, 0) is 18.2 Å². The highest BCUT2D eigenvalue weighted by Gasteiger charge is 2.14. The maximum absolute atomic E-state index is 11.4. The van der Waals surface area contributed by atoms with Gasteiger partial charge in [0, 0.05) is 5.69 Å². The van der Waals surface area contributed by atoms with E-state index >= 15 is 0 Å². The number of methoxy groups -OCH3 is 1. The predicted octanol–water partition coefficient (Wildman–Crippen LogP) is 1.81. The Kier molecular flexibility index (Phi) is 3.09. The molecule has 2 rings (SSSR count). The molecule has 0 saturated heterocycles. The Balaban J connectivity index is 2.23. The summed E-state index contributed by atoms with van der Waals surface area (Å²) in [5.41, 5.74) is 1.43. The second-order valence-electron chi connectivity index (χ2n) is 3.22. The maximum Gasteiger partial charge on any atom is 0.337 e. The van der Waals surface area contributed by atoms with E-state index in [4.69, 9.17) is 0 Å². The van der Waals surface area contributed by atoms with Gasteiger partial charge in [-0.2, -0.15) is 5.10 Å². The average molecular weight is 284 g/mol. The monoisotopic (exact) mass is 283 g/mol. The molecule has 0 fully saturated rings. The van der Waals surface area contributed by atoms with Crippen LogP contribution in [0.2, 0.25) is 0 Å². The Morgan fingerprint density at radius 3 is 3.00 bits per heavy atom. The molecule has 1 aliphatic heterocycles. The molecule has 5 nitrogen and oxygen atoms in total. The fourth-order valence-corrected chi connectivity index (χ4v) is 1.72. The van der Waals surface area contributed by atoms with Crippen molar-refractivity contribution >= 4 is 34.1 Å². The van der Waals surface area contributed by atoms with Crippen LogP contribution in [-0.4, -0.2) is 30.1 Å². The van der Waals surface area contributed by atoms with Crippen molar-refractivity contribution in [3.05, 3.63) is 29.8 Å². The van der Waals surface area contributed by atoms with Crippen LogP contribution in [0.4, 0.5) is 5.69 Å². The third-order valence-corrected chi connectivity index (χ3v) is 2.59. The lowest BCUT2D eigenvalue weighted by molar-refractivity contribution is 0.0601. The summed E-state index contributed by atoms with van der Waals surface area (Å²) < 4.78 is 6.29. The number of nitrogens with zero attached hydrogens (tertiary/aromatic N) is 3. The summed E-state index contributed by atoms with van der Waals surface area (Å²) in [6, 6.07) is 7.20. The lowest BCUT2D eigenvalue weighted by Gasteiger charge is -2.15. The molecule has 84 valence electrons. The van der Waals surface area contributed by atoms with Crippen molar-refractivity contribution in [1.29, 1.82) is 0 Å². The summed E-state index contributed by atoms with van der Waals surface area (Å²) >= 11 is 3.24. The first-order valence-corrected chi connectivity index (χ1v) is 5.34. The molecule has 0 atom stereocenters. The number of rotatable bonds is 2. The molecule has 0 radical (unpaired) electrons. The van der Waals surface area contributed by atoms with Crippen LogP contribution < -0.4 is 4.90 Å². The summed E-state index contributed by atoms with van der Waals surface area (Å²) in [4.78, 5) is 13.3. The molecule has 0 N–H and O–H groups in total. The van der Waals surface area contributed by atoms with Crippen LogP contribution in [0.1, 0.15) is 10.4 Å². The van der Waals surface area contributed by atoms with E-state index < -0.39 is 0 Å². The van der Waals surface area contributed by atoms with Gasteiger partial charge in [0.05, 0.1) is 28.8 Å². The van der Waals surface area contributed by atoms with Crippen LogP contribution in [-0.2, 0) is 4.74 Å². The molecular formula is C10H10BrN3O2. The Morgan fingerprint density at radius 2 is 2.38 bits per heavy atom. The first kappa shape index (κ1) is 10.9. The molecule has 0 unspecified atom stereocenters. The first-order valence-electron chi connectivity index (χ1n) is 4.63.